The smallest absolute Gasteiger partial charge is 0.311 e. The van der Waals surface area contributed by atoms with Crippen LogP contribution in [0.1, 0.15) is 38.3 Å². The minimum Gasteiger partial charge on any atom is -0.496 e. The molecule has 0 radical (unpaired) electrons. The van der Waals surface area contributed by atoms with E-state index in [1.165, 1.54) is 14.0 Å². The number of methoxy groups -OCH3 is 2. The molecule has 1 rings (SSSR count). The maximum atomic E-state index is 11.8. The van der Waals surface area contributed by atoms with Gasteiger partial charge in [-0.15, -0.1) is 0 Å². The summed E-state index contributed by atoms with van der Waals surface area (Å²) in [6.07, 6.45) is 1.45. The van der Waals surface area contributed by atoms with Gasteiger partial charge in [0.15, 0.2) is 11.5 Å². The Balaban J connectivity index is 3.30. The summed E-state index contributed by atoms with van der Waals surface area (Å²) < 4.78 is 16.4. The molecule has 1 N–H and O–H groups in total. The molecule has 1 amide bonds. The van der Waals surface area contributed by atoms with Gasteiger partial charge in [-0.25, -0.2) is 0 Å². The van der Waals surface area contributed by atoms with Gasteiger partial charge in [-0.1, -0.05) is 13.8 Å². The monoisotopic (exact) mass is 323 g/mol. The maximum absolute atomic E-state index is 11.8. The first-order valence-electron chi connectivity index (χ1n) is 7.70. The first-order chi connectivity index (χ1) is 11.0. The van der Waals surface area contributed by atoms with E-state index in [1.807, 2.05) is 13.0 Å². The number of rotatable bonds is 8. The van der Waals surface area contributed by atoms with Crippen LogP contribution < -0.4 is 19.5 Å². The highest BCUT2D eigenvalue weighted by atomic mass is 16.6. The molecule has 6 heteroatoms. The van der Waals surface area contributed by atoms with Crippen molar-refractivity contribution in [2.45, 2.75) is 40.0 Å². The fraction of sp³-hybridized carbons (Fsp3) is 0.529. The molecule has 6 nitrogen and oxygen atoms in total. The third-order valence-corrected chi connectivity index (χ3v) is 3.43. The van der Waals surface area contributed by atoms with E-state index in [1.54, 1.807) is 14.0 Å². The number of amides is 1. The van der Waals surface area contributed by atoms with Crippen molar-refractivity contribution in [2.24, 2.45) is 0 Å². The summed E-state index contributed by atoms with van der Waals surface area (Å²) in [4.78, 5) is 22.8. The van der Waals surface area contributed by atoms with Crippen LogP contribution in [0, 0.1) is 0 Å². The van der Waals surface area contributed by atoms with Gasteiger partial charge in [-0.3, -0.25) is 9.59 Å². The SMILES string of the molecule is CCC(=O)Oc1c(CC)c(OC)cc(CCNC(C)=O)c1OC. The maximum Gasteiger partial charge on any atom is 0.311 e. The average molecular weight is 323 g/mol. The zero-order valence-corrected chi connectivity index (χ0v) is 14.4. The molecule has 0 aromatic heterocycles. The van der Waals surface area contributed by atoms with Crippen molar-refractivity contribution >= 4 is 11.9 Å². The molecule has 0 spiro atoms. The van der Waals surface area contributed by atoms with Crippen molar-refractivity contribution in [3.05, 3.63) is 17.2 Å². The molecule has 0 bridgehead atoms. The molecule has 1 aromatic carbocycles. The summed E-state index contributed by atoms with van der Waals surface area (Å²) in [6, 6.07) is 1.86. The molecule has 0 saturated carbocycles. The van der Waals surface area contributed by atoms with Gasteiger partial charge in [0.25, 0.3) is 0 Å². The Labute approximate surface area is 137 Å². The number of benzene rings is 1. The van der Waals surface area contributed by atoms with Crippen LogP contribution >= 0.6 is 0 Å². The fourth-order valence-electron chi connectivity index (χ4n) is 2.30. The first kappa shape index (κ1) is 18.8. The van der Waals surface area contributed by atoms with Gasteiger partial charge in [-0.2, -0.15) is 0 Å². The number of carbonyl (C=O) groups is 2. The van der Waals surface area contributed by atoms with Gasteiger partial charge in [0, 0.05) is 31.0 Å². The third-order valence-electron chi connectivity index (χ3n) is 3.43. The molecular weight excluding hydrogens is 298 g/mol. The van der Waals surface area contributed by atoms with E-state index in [4.69, 9.17) is 14.2 Å². The minimum absolute atomic E-state index is 0.0984. The van der Waals surface area contributed by atoms with Crippen LogP contribution in [0.4, 0.5) is 0 Å². The van der Waals surface area contributed by atoms with Crippen LogP contribution in [0.25, 0.3) is 0 Å². The standard InChI is InChI=1S/C17H25NO5/c1-6-13-14(21-4)10-12(8-9-18-11(3)19)16(22-5)17(13)23-15(20)7-2/h10H,6-9H2,1-5H3,(H,18,19). The Bertz CT molecular complexity index is 569. The lowest BCUT2D eigenvalue weighted by atomic mass is 10.0. The predicted octanol–water partition coefficient (Wildman–Crippen LogP) is 2.26. The van der Waals surface area contributed by atoms with Crippen molar-refractivity contribution in [3.8, 4) is 17.2 Å². The third kappa shape index (κ3) is 4.87. The number of esters is 1. The average Bonchev–Trinajstić information content (AvgIpc) is 2.53. The highest BCUT2D eigenvalue weighted by Gasteiger charge is 2.21. The molecule has 0 heterocycles. The minimum atomic E-state index is -0.334. The van der Waals surface area contributed by atoms with Crippen molar-refractivity contribution in [1.82, 2.24) is 5.32 Å². The van der Waals surface area contributed by atoms with E-state index in [0.717, 1.165) is 11.1 Å². The van der Waals surface area contributed by atoms with Crippen molar-refractivity contribution in [2.75, 3.05) is 20.8 Å². The molecule has 0 atom stereocenters. The van der Waals surface area contributed by atoms with Crippen molar-refractivity contribution in [1.29, 1.82) is 0 Å². The summed E-state index contributed by atoms with van der Waals surface area (Å²) in [5.74, 6) is 1.12. The van der Waals surface area contributed by atoms with Gasteiger partial charge < -0.3 is 19.5 Å². The summed E-state index contributed by atoms with van der Waals surface area (Å²) in [7, 11) is 3.11. The number of carbonyl (C=O) groups excluding carboxylic acids is 2. The highest BCUT2D eigenvalue weighted by Crippen LogP contribution is 2.41. The second-order valence-electron chi connectivity index (χ2n) is 4.99. The zero-order valence-electron chi connectivity index (χ0n) is 14.4. The van der Waals surface area contributed by atoms with E-state index in [9.17, 15) is 9.59 Å². The summed E-state index contributed by atoms with van der Waals surface area (Å²) in [6.45, 7) is 5.61. The van der Waals surface area contributed by atoms with E-state index in [-0.39, 0.29) is 18.3 Å². The number of ether oxygens (including phenoxy) is 3. The number of nitrogens with one attached hydrogen (secondary N) is 1. The van der Waals surface area contributed by atoms with E-state index < -0.39 is 0 Å². The van der Waals surface area contributed by atoms with Gasteiger partial charge >= 0.3 is 5.97 Å². The molecule has 0 aliphatic heterocycles. The van der Waals surface area contributed by atoms with Crippen LogP contribution in [0.3, 0.4) is 0 Å². The molecule has 1 aromatic rings. The van der Waals surface area contributed by atoms with Gasteiger partial charge in [0.05, 0.1) is 14.2 Å². The lowest BCUT2D eigenvalue weighted by Crippen LogP contribution is -2.22. The van der Waals surface area contributed by atoms with E-state index in [2.05, 4.69) is 5.32 Å². The largest absolute Gasteiger partial charge is 0.496 e. The molecule has 0 unspecified atom stereocenters. The Morgan fingerprint density at radius 3 is 2.30 bits per heavy atom. The highest BCUT2D eigenvalue weighted by molar-refractivity contribution is 5.75. The van der Waals surface area contributed by atoms with Gasteiger partial charge in [0.1, 0.15) is 5.75 Å². The summed E-state index contributed by atoms with van der Waals surface area (Å²) in [5.41, 5.74) is 1.60. The van der Waals surface area contributed by atoms with Crippen LogP contribution in [-0.2, 0) is 22.4 Å². The van der Waals surface area contributed by atoms with Crippen LogP contribution in [-0.4, -0.2) is 32.6 Å². The predicted molar refractivity (Wildman–Crippen MR) is 87.2 cm³/mol. The molecule has 23 heavy (non-hydrogen) atoms. The quantitative estimate of drug-likeness (QED) is 0.587. The second kappa shape index (κ2) is 9.02. The lowest BCUT2D eigenvalue weighted by Gasteiger charge is -2.19. The topological polar surface area (TPSA) is 73.9 Å². The molecular formula is C17H25NO5. The first-order valence-corrected chi connectivity index (χ1v) is 7.70. The van der Waals surface area contributed by atoms with Crippen LogP contribution in [0.5, 0.6) is 17.2 Å². The fourth-order valence-corrected chi connectivity index (χ4v) is 2.30. The van der Waals surface area contributed by atoms with Crippen molar-refractivity contribution in [3.63, 3.8) is 0 Å². The van der Waals surface area contributed by atoms with Crippen LogP contribution in [0.15, 0.2) is 6.07 Å². The number of hydrogen-bond acceptors (Lipinski definition) is 5. The Morgan fingerprint density at radius 2 is 1.83 bits per heavy atom. The second-order valence-corrected chi connectivity index (χ2v) is 4.99. The van der Waals surface area contributed by atoms with E-state index >= 15 is 0 Å². The van der Waals surface area contributed by atoms with Crippen LogP contribution in [0.2, 0.25) is 0 Å². The molecule has 0 aliphatic rings. The summed E-state index contributed by atoms with van der Waals surface area (Å²) in [5, 5.41) is 2.74. The molecule has 0 saturated heterocycles. The van der Waals surface area contributed by atoms with E-state index in [0.29, 0.717) is 36.6 Å². The zero-order chi connectivity index (χ0) is 17.4. The molecule has 128 valence electrons. The molecule has 0 aliphatic carbocycles. The molecule has 0 fully saturated rings. The van der Waals surface area contributed by atoms with Crippen molar-refractivity contribution < 1.29 is 23.8 Å². The van der Waals surface area contributed by atoms with Gasteiger partial charge in [-0.05, 0) is 18.9 Å². The number of hydrogen-bond donors (Lipinski definition) is 1. The summed E-state index contributed by atoms with van der Waals surface area (Å²) >= 11 is 0. The van der Waals surface area contributed by atoms with Gasteiger partial charge in [0.2, 0.25) is 5.91 Å². The Morgan fingerprint density at radius 1 is 1.13 bits per heavy atom. The Hall–Kier alpha value is -2.24. The Kier molecular flexibility index (Phi) is 7.38. The lowest BCUT2D eigenvalue weighted by molar-refractivity contribution is -0.134. The normalized spacial score (nSPS) is 10.1.